The maximum absolute atomic E-state index is 10.3. The van der Waals surface area contributed by atoms with E-state index in [-0.39, 0.29) is 12.1 Å². The fourth-order valence-corrected chi connectivity index (χ4v) is 5.82. The highest BCUT2D eigenvalue weighted by Gasteiger charge is 2.28. The summed E-state index contributed by atoms with van der Waals surface area (Å²) in [6.07, 6.45) is 8.12. The van der Waals surface area contributed by atoms with Gasteiger partial charge in [0.05, 0.1) is 11.5 Å². The van der Waals surface area contributed by atoms with Crippen molar-refractivity contribution in [2.75, 3.05) is 18.0 Å². The van der Waals surface area contributed by atoms with Crippen LogP contribution in [0.3, 0.4) is 0 Å². The number of benzene rings is 1. The Hall–Kier alpha value is -2.02. The minimum absolute atomic E-state index is 0.179. The summed E-state index contributed by atoms with van der Waals surface area (Å²) in [5.41, 5.74) is 3.73. The molecule has 0 radical (unpaired) electrons. The van der Waals surface area contributed by atoms with Crippen molar-refractivity contribution in [1.29, 1.82) is 0 Å². The molecule has 2 atom stereocenters. The first-order valence-electron chi connectivity index (χ1n) is 11.2. The van der Waals surface area contributed by atoms with Gasteiger partial charge >= 0.3 is 0 Å². The van der Waals surface area contributed by atoms with Crippen molar-refractivity contribution in [1.82, 2.24) is 15.3 Å². The first-order chi connectivity index (χ1) is 14.7. The Kier molecular flexibility index (Phi) is 5.72. The molecule has 30 heavy (non-hydrogen) atoms. The van der Waals surface area contributed by atoms with Crippen LogP contribution in [0.2, 0.25) is 0 Å². The summed E-state index contributed by atoms with van der Waals surface area (Å²) in [7, 11) is 0. The van der Waals surface area contributed by atoms with E-state index in [9.17, 15) is 5.11 Å². The largest absolute Gasteiger partial charge is 0.392 e. The zero-order valence-corrected chi connectivity index (χ0v) is 18.4. The number of anilines is 1. The van der Waals surface area contributed by atoms with E-state index in [1.54, 1.807) is 17.7 Å². The third-order valence-corrected chi connectivity index (χ3v) is 7.57. The Morgan fingerprint density at radius 3 is 2.57 bits per heavy atom. The number of piperidine rings is 1. The van der Waals surface area contributed by atoms with Crippen LogP contribution < -0.4 is 10.2 Å². The van der Waals surface area contributed by atoms with Crippen LogP contribution in [0.15, 0.2) is 36.0 Å². The number of nitrogens with one attached hydrogen (secondary N) is 1. The normalized spacial score (nSPS) is 23.2. The van der Waals surface area contributed by atoms with Gasteiger partial charge in [0.2, 0.25) is 0 Å². The van der Waals surface area contributed by atoms with E-state index in [1.165, 1.54) is 28.5 Å². The summed E-state index contributed by atoms with van der Waals surface area (Å²) in [6, 6.07) is 9.47. The molecule has 1 saturated carbocycles. The number of hydrogen-bond donors (Lipinski definition) is 2. The Morgan fingerprint density at radius 2 is 1.80 bits per heavy atom. The Bertz CT molecular complexity index is 994. The lowest BCUT2D eigenvalue weighted by molar-refractivity contribution is 0.0828. The van der Waals surface area contributed by atoms with Gasteiger partial charge in [0.25, 0.3) is 0 Å². The zero-order chi connectivity index (χ0) is 20.5. The highest BCUT2D eigenvalue weighted by Crippen LogP contribution is 2.38. The van der Waals surface area contributed by atoms with Gasteiger partial charge in [-0.15, -0.1) is 11.3 Å². The first-order valence-corrected chi connectivity index (χ1v) is 12.1. The Morgan fingerprint density at radius 1 is 1.03 bits per heavy atom. The molecule has 2 unspecified atom stereocenters. The minimum Gasteiger partial charge on any atom is -0.392 e. The van der Waals surface area contributed by atoms with E-state index in [4.69, 9.17) is 4.98 Å². The second kappa shape index (κ2) is 8.61. The lowest BCUT2D eigenvalue weighted by Crippen LogP contribution is -2.51. The number of rotatable bonds is 4. The molecule has 2 aromatic heterocycles. The van der Waals surface area contributed by atoms with Crippen molar-refractivity contribution >= 4 is 27.4 Å². The van der Waals surface area contributed by atoms with Crippen LogP contribution in [-0.2, 0) is 0 Å². The molecule has 3 heterocycles. The summed E-state index contributed by atoms with van der Waals surface area (Å²) >= 11 is 1.70. The summed E-state index contributed by atoms with van der Waals surface area (Å²) in [6.45, 7) is 4.08. The number of thiophene rings is 1. The third-order valence-electron chi connectivity index (χ3n) is 6.69. The molecule has 1 aliphatic carbocycles. The number of aryl methyl sites for hydroxylation is 1. The van der Waals surface area contributed by atoms with Gasteiger partial charge in [0, 0.05) is 36.1 Å². The van der Waals surface area contributed by atoms with Crippen LogP contribution in [0.25, 0.3) is 21.3 Å². The standard InChI is InChI=1S/C24H30N4OS/c1-16-6-8-17(9-7-16)19-14-30-24-22(19)23(25-15-26-24)28-12-10-18(11-13-28)27-20-4-2-3-5-21(20)29/h6-9,14-15,18,20-21,27,29H,2-5,10-13H2,1H3. The van der Waals surface area contributed by atoms with Gasteiger partial charge < -0.3 is 15.3 Å². The predicted octanol–water partition coefficient (Wildman–Crippen LogP) is 4.53. The van der Waals surface area contributed by atoms with E-state index in [0.717, 1.165) is 55.8 Å². The highest BCUT2D eigenvalue weighted by molar-refractivity contribution is 7.17. The van der Waals surface area contributed by atoms with Crippen molar-refractivity contribution in [3.8, 4) is 11.1 Å². The van der Waals surface area contributed by atoms with Crippen molar-refractivity contribution < 1.29 is 5.11 Å². The van der Waals surface area contributed by atoms with E-state index in [0.29, 0.717) is 6.04 Å². The number of aromatic nitrogens is 2. The van der Waals surface area contributed by atoms with E-state index < -0.39 is 0 Å². The van der Waals surface area contributed by atoms with Crippen molar-refractivity contribution in [3.63, 3.8) is 0 Å². The van der Waals surface area contributed by atoms with Crippen LogP contribution >= 0.6 is 11.3 Å². The van der Waals surface area contributed by atoms with Crippen LogP contribution in [0.1, 0.15) is 44.1 Å². The highest BCUT2D eigenvalue weighted by atomic mass is 32.1. The lowest BCUT2D eigenvalue weighted by Gasteiger charge is -2.37. The summed E-state index contributed by atoms with van der Waals surface area (Å²) in [5, 5.41) is 17.4. The third kappa shape index (κ3) is 3.96. The van der Waals surface area contributed by atoms with Crippen LogP contribution in [-0.4, -0.2) is 46.4 Å². The summed E-state index contributed by atoms with van der Waals surface area (Å²) in [4.78, 5) is 12.7. The topological polar surface area (TPSA) is 61.3 Å². The molecule has 158 valence electrons. The molecule has 6 heteroatoms. The maximum Gasteiger partial charge on any atom is 0.141 e. The van der Waals surface area contributed by atoms with Gasteiger partial charge in [0.1, 0.15) is 17.0 Å². The molecule has 0 bridgehead atoms. The molecule has 3 aromatic rings. The average molecular weight is 423 g/mol. The molecule has 2 aliphatic rings. The molecular weight excluding hydrogens is 392 g/mol. The minimum atomic E-state index is -0.179. The van der Waals surface area contributed by atoms with E-state index in [2.05, 4.69) is 51.8 Å². The second-order valence-electron chi connectivity index (χ2n) is 8.78. The molecule has 0 spiro atoms. The van der Waals surface area contributed by atoms with Crippen LogP contribution in [0, 0.1) is 6.92 Å². The fraction of sp³-hybridized carbons (Fsp3) is 0.500. The van der Waals surface area contributed by atoms with Gasteiger partial charge in [-0.3, -0.25) is 0 Å². The van der Waals surface area contributed by atoms with E-state index >= 15 is 0 Å². The van der Waals surface area contributed by atoms with Crippen LogP contribution in [0.4, 0.5) is 5.82 Å². The second-order valence-corrected chi connectivity index (χ2v) is 9.64. The van der Waals surface area contributed by atoms with Gasteiger partial charge in [0.15, 0.2) is 0 Å². The number of hydrogen-bond acceptors (Lipinski definition) is 6. The molecule has 2 fully saturated rings. The number of aliphatic hydroxyl groups is 1. The van der Waals surface area contributed by atoms with Crippen molar-refractivity contribution in [3.05, 3.63) is 41.5 Å². The smallest absolute Gasteiger partial charge is 0.141 e. The molecule has 0 amide bonds. The molecule has 1 aromatic carbocycles. The monoisotopic (exact) mass is 422 g/mol. The summed E-state index contributed by atoms with van der Waals surface area (Å²) in [5.74, 6) is 1.06. The maximum atomic E-state index is 10.3. The molecule has 5 nitrogen and oxygen atoms in total. The number of nitrogens with zero attached hydrogens (tertiary/aromatic N) is 3. The predicted molar refractivity (Wildman–Crippen MR) is 124 cm³/mol. The quantitative estimate of drug-likeness (QED) is 0.647. The van der Waals surface area contributed by atoms with Crippen LogP contribution in [0.5, 0.6) is 0 Å². The Labute approximate surface area is 182 Å². The average Bonchev–Trinajstić information content (AvgIpc) is 3.21. The fourth-order valence-electron chi connectivity index (χ4n) is 4.91. The molecule has 1 saturated heterocycles. The van der Waals surface area contributed by atoms with Gasteiger partial charge in [-0.1, -0.05) is 42.7 Å². The molecule has 2 N–H and O–H groups in total. The lowest BCUT2D eigenvalue weighted by atomic mass is 9.91. The van der Waals surface area contributed by atoms with Crippen molar-refractivity contribution in [2.24, 2.45) is 0 Å². The SMILES string of the molecule is Cc1ccc(-c2csc3ncnc(N4CCC(NC5CCCCC5O)CC4)c23)cc1. The summed E-state index contributed by atoms with van der Waals surface area (Å²) < 4.78 is 0. The zero-order valence-electron chi connectivity index (χ0n) is 17.6. The molecular formula is C24H30N4OS. The molecule has 1 aliphatic heterocycles. The Balaban J connectivity index is 1.34. The number of fused-ring (bicyclic) bond motifs is 1. The first kappa shape index (κ1) is 19.9. The van der Waals surface area contributed by atoms with Crippen molar-refractivity contribution in [2.45, 2.75) is 63.6 Å². The molecule has 5 rings (SSSR count). The van der Waals surface area contributed by atoms with E-state index in [1.807, 2.05) is 0 Å². The number of aliphatic hydroxyl groups excluding tert-OH is 1. The van der Waals surface area contributed by atoms with Gasteiger partial charge in [-0.05, 0) is 38.2 Å². The van der Waals surface area contributed by atoms with Gasteiger partial charge in [-0.25, -0.2) is 9.97 Å². The van der Waals surface area contributed by atoms with Gasteiger partial charge in [-0.2, -0.15) is 0 Å².